The Balaban J connectivity index is 0.866. The van der Waals surface area contributed by atoms with E-state index in [0.717, 1.165) is 31.4 Å². The highest BCUT2D eigenvalue weighted by Gasteiger charge is 2.51. The van der Waals surface area contributed by atoms with Crippen molar-refractivity contribution in [2.45, 2.75) is 73.6 Å². The van der Waals surface area contributed by atoms with Crippen molar-refractivity contribution in [3.63, 3.8) is 0 Å². The van der Waals surface area contributed by atoms with Crippen molar-refractivity contribution in [3.05, 3.63) is 46.0 Å². The minimum absolute atomic E-state index is 0.0286. The molecule has 16 atom stereocenters. The van der Waals surface area contributed by atoms with Crippen LogP contribution in [0.5, 0.6) is 0 Å². The number of nitrogens with zero attached hydrogens (tertiary/aromatic N) is 10. The quantitative estimate of drug-likeness (QED) is 0.0260. The lowest BCUT2D eigenvalue weighted by Crippen LogP contribution is -2.46. The van der Waals surface area contributed by atoms with Crippen LogP contribution in [-0.2, 0) is 90.2 Å². The van der Waals surface area contributed by atoms with E-state index in [-0.39, 0.29) is 51.2 Å². The number of H-pyrrole nitrogens is 2. The number of imidazole rings is 3. The first-order chi connectivity index (χ1) is 35.7. The lowest BCUT2D eigenvalue weighted by atomic mass is 10.1. The van der Waals surface area contributed by atoms with Crippen LogP contribution < -0.4 is 52.5 Å². The Morgan fingerprint density at radius 3 is 1.95 bits per heavy atom. The summed E-state index contributed by atoms with van der Waals surface area (Å²) in [5.74, 6) is -0.621. The maximum absolute atomic E-state index is 14.0. The lowest BCUT2D eigenvalue weighted by molar-refractivity contribution is -0.745. The van der Waals surface area contributed by atoms with Gasteiger partial charge < -0.3 is 93.9 Å². The number of nitrogens with two attached hydrogens (primary N) is 3. The van der Waals surface area contributed by atoms with Gasteiger partial charge >= 0.3 is 5.65 Å². The number of hydrogen-bond acceptors (Lipinski definition) is 33. The van der Waals surface area contributed by atoms with Crippen molar-refractivity contribution in [2.75, 3.05) is 51.2 Å². The molecule has 3 aliphatic heterocycles. The van der Waals surface area contributed by atoms with Crippen molar-refractivity contribution in [3.8, 4) is 0 Å². The van der Waals surface area contributed by atoms with Gasteiger partial charge in [-0.2, -0.15) is 4.98 Å². The van der Waals surface area contributed by atoms with Gasteiger partial charge in [0.1, 0.15) is 80.2 Å². The van der Waals surface area contributed by atoms with Crippen LogP contribution in [0.4, 0.5) is 17.7 Å². The van der Waals surface area contributed by atoms with Crippen molar-refractivity contribution in [2.24, 2.45) is 7.05 Å². The second kappa shape index (κ2) is 21.4. The third-order valence-corrected chi connectivity index (χ3v) is 18.6. The number of phosphoric ester groups is 2. The Morgan fingerprint density at radius 1 is 0.711 bits per heavy atom. The number of aliphatic hydroxyl groups excluding tert-OH is 3. The highest BCUT2D eigenvalue weighted by molar-refractivity contribution is 8.09. The van der Waals surface area contributed by atoms with E-state index in [1.807, 2.05) is 0 Å². The molecule has 16 unspecified atom stereocenters. The summed E-state index contributed by atoms with van der Waals surface area (Å²) in [5.41, 5.74) is 15.8. The number of ether oxygens (including phenoxy) is 5. The fourth-order valence-corrected chi connectivity index (χ4v) is 14.8. The minimum atomic E-state index is -6.05. The summed E-state index contributed by atoms with van der Waals surface area (Å²) in [6.07, 6.45) is -13.7. The molecule has 0 bridgehead atoms. The average Bonchev–Trinajstić information content (AvgIpc) is 4.18. The van der Waals surface area contributed by atoms with E-state index < -0.39 is 134 Å². The van der Waals surface area contributed by atoms with Crippen LogP contribution in [0.3, 0.4) is 0 Å². The van der Waals surface area contributed by atoms with Gasteiger partial charge in [0, 0.05) is 14.2 Å². The highest BCUT2D eigenvalue weighted by atomic mass is 32.5. The molecular formula is C33H42N15O22P4S2-3. The topological polar surface area (TPSA) is 528 Å². The Hall–Kier alpha value is -4.31. The van der Waals surface area contributed by atoms with Crippen LogP contribution in [0.2, 0.25) is 0 Å². The Labute approximate surface area is 433 Å². The number of fused-ring (bicyclic) bond motifs is 3. The number of nitrogens with one attached hydrogen (secondary N) is 2. The zero-order valence-electron chi connectivity index (χ0n) is 38.8. The molecule has 0 radical (unpaired) electrons. The van der Waals surface area contributed by atoms with Gasteiger partial charge in [0.2, 0.25) is 17.7 Å². The summed E-state index contributed by atoms with van der Waals surface area (Å²) in [7, 11) is -8.18. The van der Waals surface area contributed by atoms with Gasteiger partial charge in [-0.05, 0) is 0 Å². The average molecular weight is 1190 g/mol. The maximum Gasteiger partial charge on any atom is 0.313 e. The number of hydrogen-bond donors (Lipinski definition) is 8. The molecule has 0 aromatic carbocycles. The standard InChI is InChI=1S/C33H45N15O22P4S2/c1-45-10-48(26-16(45)28(53)44-33(36)42-26)30-19(51)20(60-2)12(66-30)5-62-71(54,55)69-74(59,76)70-72(56,57)63-6-13-21(22(61-3)31(67-13)46-8-39-14-23(34)37-7-38-24(14)46)68-73(58,75)64-4-11-17(49)18(50)29(65-11)47-9-40-15-25(47)41-32(35)43-27(15)52/h7-13,17-22,29-31,49-51H,4-6H2,1-3H3,(H11-,34,35,36,37,38,41,42,43,44,52,53,54,55,56,57,58,59,75,76)/p-3. The predicted molar refractivity (Wildman–Crippen MR) is 248 cm³/mol. The third kappa shape index (κ3) is 11.3. The van der Waals surface area contributed by atoms with Gasteiger partial charge in [0.25, 0.3) is 32.7 Å². The molecule has 9 rings (SSSR count). The fourth-order valence-electron chi connectivity index (χ4n) is 8.54. The Kier molecular flexibility index (Phi) is 15.9. The summed E-state index contributed by atoms with van der Waals surface area (Å²) in [6, 6.07) is 0. The molecule has 416 valence electrons. The van der Waals surface area contributed by atoms with Crippen LogP contribution in [0.15, 0.2) is 34.9 Å². The van der Waals surface area contributed by atoms with E-state index >= 15 is 0 Å². The fraction of sp³-hybridized carbons (Fsp3) is 0.545. The van der Waals surface area contributed by atoms with Crippen molar-refractivity contribution >= 4 is 104 Å². The zero-order valence-corrected chi connectivity index (χ0v) is 44.0. The Morgan fingerprint density at radius 2 is 1.29 bits per heavy atom. The van der Waals surface area contributed by atoms with Crippen molar-refractivity contribution in [1.82, 2.24) is 53.6 Å². The molecule has 3 saturated heterocycles. The number of phosphoric acid groups is 2. The molecule has 3 fully saturated rings. The number of rotatable bonds is 20. The summed E-state index contributed by atoms with van der Waals surface area (Å²) >= 11 is 9.76. The molecule has 9 heterocycles. The zero-order chi connectivity index (χ0) is 55.0. The molecule has 11 N–H and O–H groups in total. The number of nitrogen functional groups attached to an aromatic ring is 3. The summed E-state index contributed by atoms with van der Waals surface area (Å²) < 4.78 is 89.4. The van der Waals surface area contributed by atoms with Crippen molar-refractivity contribution in [1.29, 1.82) is 0 Å². The third-order valence-electron chi connectivity index (χ3n) is 11.8. The van der Waals surface area contributed by atoms with Crippen LogP contribution in [-0.4, -0.2) is 158 Å². The molecule has 0 aliphatic carbocycles. The molecule has 37 nitrogen and oxygen atoms in total. The normalized spacial score (nSPS) is 30.2. The molecule has 43 heteroatoms. The molecule has 6 aromatic heterocycles. The second-order valence-electron chi connectivity index (χ2n) is 16.6. The number of methoxy groups -OCH3 is 2. The summed E-state index contributed by atoms with van der Waals surface area (Å²) in [6.45, 7) is -13.6. The molecule has 0 saturated carbocycles. The van der Waals surface area contributed by atoms with E-state index in [2.05, 4.69) is 60.3 Å². The first kappa shape index (κ1) is 56.4. The number of aromatic nitrogens is 12. The highest BCUT2D eigenvalue weighted by Crippen LogP contribution is 2.63. The van der Waals surface area contributed by atoms with E-state index in [4.69, 9.17) is 70.8 Å². The molecule has 3 aliphatic rings. The van der Waals surface area contributed by atoms with Crippen LogP contribution in [0.1, 0.15) is 18.7 Å². The first-order valence-corrected chi connectivity index (χ1v) is 29.5. The Bertz CT molecular complexity index is 3500. The van der Waals surface area contributed by atoms with E-state index in [0.29, 0.717) is 0 Å². The van der Waals surface area contributed by atoms with Crippen LogP contribution in [0.25, 0.3) is 33.5 Å². The van der Waals surface area contributed by atoms with Gasteiger partial charge in [-0.3, -0.25) is 51.0 Å². The maximum atomic E-state index is 14.0. The minimum Gasteiger partial charge on any atom is -0.780 e. The van der Waals surface area contributed by atoms with Gasteiger partial charge in [-0.1, -0.05) is 28.6 Å². The van der Waals surface area contributed by atoms with E-state index in [1.165, 1.54) is 33.4 Å². The van der Waals surface area contributed by atoms with E-state index in [9.17, 15) is 53.6 Å². The number of anilines is 3. The SMILES string of the molecule is COC1C(COP(=O)([O-])OP([O-])(=S)OP(=O)([O-])OCC2OC(n3cnc4c(N)ncnc43)C(OC)C2OP([O-])(=S)OCC2OC(n3cnc4c(=O)[nH]c(N)nc43)C(O)C2O)OC([n+]2cn(C)c3c(=O)[nH]c(N)nc32)C1O. The molecule has 0 amide bonds. The number of aliphatic hydroxyl groups is 3. The second-order valence-corrected chi connectivity index (χ2v) is 25.1. The summed E-state index contributed by atoms with van der Waals surface area (Å²) in [4.78, 5) is 107. The smallest absolute Gasteiger partial charge is 0.313 e. The first-order valence-electron chi connectivity index (χ1n) is 21.5. The molecule has 0 spiro atoms. The van der Waals surface area contributed by atoms with Gasteiger partial charge in [-0.15, -0.1) is 0 Å². The van der Waals surface area contributed by atoms with E-state index in [1.54, 1.807) is 0 Å². The molecule has 6 aromatic rings. The number of aromatic amines is 2. The number of aryl methyl sites for hydroxylation is 1. The summed E-state index contributed by atoms with van der Waals surface area (Å²) in [5, 5.41) is 32.9. The van der Waals surface area contributed by atoms with Gasteiger partial charge in [0.15, 0.2) is 41.4 Å². The largest absolute Gasteiger partial charge is 0.780 e. The predicted octanol–water partition coefficient (Wildman–Crippen LogP) is -6.35. The van der Waals surface area contributed by atoms with Gasteiger partial charge in [-0.25, -0.2) is 24.5 Å². The lowest BCUT2D eigenvalue weighted by Gasteiger charge is -2.38. The monoisotopic (exact) mass is 1190 g/mol. The molecule has 76 heavy (non-hydrogen) atoms. The van der Waals surface area contributed by atoms with Crippen LogP contribution >= 0.6 is 29.1 Å². The van der Waals surface area contributed by atoms with Crippen molar-refractivity contribution < 1.29 is 99.0 Å². The van der Waals surface area contributed by atoms with Gasteiger partial charge in [0.05, 0.1) is 39.5 Å². The van der Waals surface area contributed by atoms with Crippen LogP contribution in [0, 0.1) is 0 Å². The molecular weight excluding hydrogens is 1150 g/mol.